The molecule has 1 aromatic rings. The van der Waals surface area contributed by atoms with Crippen LogP contribution in [0.3, 0.4) is 0 Å². The first-order valence-electron chi connectivity index (χ1n) is 6.45. The highest BCUT2D eigenvalue weighted by atomic mass is 19.4. The molecule has 0 aliphatic carbocycles. The van der Waals surface area contributed by atoms with Gasteiger partial charge in [-0.15, -0.1) is 0 Å². The molecular formula is C13H18F3N3O. The van der Waals surface area contributed by atoms with Gasteiger partial charge in [0.25, 0.3) is 0 Å². The molecule has 1 aromatic heterocycles. The summed E-state index contributed by atoms with van der Waals surface area (Å²) >= 11 is 0. The minimum atomic E-state index is -4.54. The summed E-state index contributed by atoms with van der Waals surface area (Å²) in [7, 11) is 1.81. The van der Waals surface area contributed by atoms with Gasteiger partial charge in [-0.25, -0.2) is 0 Å². The van der Waals surface area contributed by atoms with E-state index >= 15 is 0 Å². The van der Waals surface area contributed by atoms with Crippen molar-refractivity contribution in [3.63, 3.8) is 0 Å². The molecule has 20 heavy (non-hydrogen) atoms. The van der Waals surface area contributed by atoms with Crippen molar-refractivity contribution in [1.82, 2.24) is 15.2 Å². The maximum Gasteiger partial charge on any atom is 0.404 e. The van der Waals surface area contributed by atoms with Crippen molar-refractivity contribution in [2.45, 2.75) is 26.1 Å². The molecule has 0 bridgehead atoms. The lowest BCUT2D eigenvalue weighted by atomic mass is 9.85. The Morgan fingerprint density at radius 2 is 2.20 bits per heavy atom. The van der Waals surface area contributed by atoms with E-state index < -0.39 is 17.5 Å². The van der Waals surface area contributed by atoms with Gasteiger partial charge in [-0.1, -0.05) is 0 Å². The fourth-order valence-corrected chi connectivity index (χ4v) is 2.44. The highest BCUT2D eigenvalue weighted by Crippen LogP contribution is 2.43. The smallest absolute Gasteiger partial charge is 0.350 e. The highest BCUT2D eigenvalue weighted by molar-refractivity contribution is 5.84. The van der Waals surface area contributed by atoms with Crippen molar-refractivity contribution >= 4 is 5.91 Å². The molecule has 0 spiro atoms. The molecule has 7 heteroatoms. The zero-order valence-corrected chi connectivity index (χ0v) is 11.5. The topological polar surface area (TPSA) is 46.1 Å². The number of carbonyl (C=O) groups excluding carboxylic acids is 1. The average molecular weight is 289 g/mol. The predicted molar refractivity (Wildman–Crippen MR) is 68.0 cm³/mol. The molecule has 1 fully saturated rings. The zero-order chi connectivity index (χ0) is 15.0. The van der Waals surface area contributed by atoms with Crippen LogP contribution in [-0.4, -0.2) is 29.7 Å². The molecular weight excluding hydrogens is 271 g/mol. The Balaban J connectivity index is 2.09. The van der Waals surface area contributed by atoms with Gasteiger partial charge >= 0.3 is 6.18 Å². The van der Waals surface area contributed by atoms with Crippen molar-refractivity contribution in [3.05, 3.63) is 23.5 Å². The number of carbonyl (C=O) groups is 1. The van der Waals surface area contributed by atoms with E-state index in [9.17, 15) is 18.0 Å². The molecule has 1 saturated heterocycles. The average Bonchev–Trinajstić information content (AvgIpc) is 2.97. The lowest BCUT2D eigenvalue weighted by molar-refractivity contribution is -0.216. The van der Waals surface area contributed by atoms with E-state index in [1.165, 1.54) is 0 Å². The predicted octanol–water partition coefficient (Wildman–Crippen LogP) is 1.49. The van der Waals surface area contributed by atoms with Gasteiger partial charge in [-0.3, -0.25) is 4.79 Å². The third kappa shape index (κ3) is 2.42. The Bertz CT molecular complexity index is 501. The number of amides is 1. The van der Waals surface area contributed by atoms with Gasteiger partial charge in [0.2, 0.25) is 5.91 Å². The summed E-state index contributed by atoms with van der Waals surface area (Å²) in [6.07, 6.45) is -4.75. The Morgan fingerprint density at radius 1 is 1.50 bits per heavy atom. The number of nitrogens with zero attached hydrogens (tertiary/aromatic N) is 1. The van der Waals surface area contributed by atoms with Gasteiger partial charge in [0.15, 0.2) is 5.41 Å². The molecule has 0 aromatic carbocycles. The van der Waals surface area contributed by atoms with Gasteiger partial charge in [-0.05, 0) is 32.0 Å². The first-order valence-corrected chi connectivity index (χ1v) is 6.45. The minimum absolute atomic E-state index is 0.0982. The molecule has 1 aliphatic heterocycles. The summed E-state index contributed by atoms with van der Waals surface area (Å²) in [5.74, 6) is -0.950. The van der Waals surface area contributed by atoms with E-state index in [-0.39, 0.29) is 26.1 Å². The van der Waals surface area contributed by atoms with Crippen LogP contribution >= 0.6 is 0 Å². The fourth-order valence-electron chi connectivity index (χ4n) is 2.44. The van der Waals surface area contributed by atoms with E-state index in [0.717, 1.165) is 11.4 Å². The molecule has 1 atom stereocenters. The Labute approximate surface area is 115 Å². The molecule has 1 aliphatic rings. The number of hydrogen-bond acceptors (Lipinski definition) is 2. The molecule has 4 nitrogen and oxygen atoms in total. The maximum absolute atomic E-state index is 13.2. The summed E-state index contributed by atoms with van der Waals surface area (Å²) in [5, 5.41) is 5.05. The van der Waals surface area contributed by atoms with Gasteiger partial charge < -0.3 is 15.2 Å². The second-order valence-corrected chi connectivity index (χ2v) is 5.21. The van der Waals surface area contributed by atoms with Gasteiger partial charge in [0, 0.05) is 25.0 Å². The van der Waals surface area contributed by atoms with Crippen LogP contribution < -0.4 is 10.6 Å². The number of rotatable bonds is 3. The second kappa shape index (κ2) is 5.12. The van der Waals surface area contributed by atoms with Crippen molar-refractivity contribution in [2.24, 2.45) is 12.5 Å². The van der Waals surface area contributed by atoms with Crippen LogP contribution in [0, 0.1) is 12.3 Å². The fraction of sp³-hybridized carbons (Fsp3) is 0.615. The Kier molecular flexibility index (Phi) is 3.82. The third-order valence-electron chi connectivity index (χ3n) is 4.04. The summed E-state index contributed by atoms with van der Waals surface area (Å²) < 4.78 is 41.3. The summed E-state index contributed by atoms with van der Waals surface area (Å²) in [4.78, 5) is 12.0. The first kappa shape index (κ1) is 14.9. The summed E-state index contributed by atoms with van der Waals surface area (Å²) in [5.41, 5.74) is -0.533. The summed E-state index contributed by atoms with van der Waals surface area (Å²) in [6, 6.07) is 3.65. The highest BCUT2D eigenvalue weighted by Gasteiger charge is 2.61. The zero-order valence-electron chi connectivity index (χ0n) is 11.5. The van der Waals surface area contributed by atoms with Crippen LogP contribution in [0.1, 0.15) is 17.8 Å². The normalized spacial score (nSPS) is 23.1. The van der Waals surface area contributed by atoms with Crippen molar-refractivity contribution in [1.29, 1.82) is 0 Å². The maximum atomic E-state index is 13.2. The largest absolute Gasteiger partial charge is 0.404 e. The van der Waals surface area contributed by atoms with Crippen molar-refractivity contribution in [2.75, 3.05) is 13.1 Å². The van der Waals surface area contributed by atoms with Crippen LogP contribution in [0.2, 0.25) is 0 Å². The molecule has 1 unspecified atom stereocenters. The minimum Gasteiger partial charge on any atom is -0.350 e. The number of aryl methyl sites for hydroxylation is 1. The molecule has 0 saturated carbocycles. The van der Waals surface area contributed by atoms with E-state index in [1.807, 2.05) is 24.6 Å². The van der Waals surface area contributed by atoms with E-state index in [4.69, 9.17) is 0 Å². The monoisotopic (exact) mass is 289 g/mol. The Hall–Kier alpha value is -1.50. The molecule has 0 radical (unpaired) electrons. The Morgan fingerprint density at radius 3 is 2.65 bits per heavy atom. The van der Waals surface area contributed by atoms with Crippen LogP contribution in [0.25, 0.3) is 0 Å². The van der Waals surface area contributed by atoms with Crippen molar-refractivity contribution < 1.29 is 18.0 Å². The standard InChI is InChI=1S/C13H18F3N3O/c1-9-3-4-10(19(9)2)7-18-11(20)12(13(14,15)16)5-6-17-8-12/h3-4,17H,5-8H2,1-2H3,(H,18,20). The van der Waals surface area contributed by atoms with Crippen LogP contribution in [0.5, 0.6) is 0 Å². The number of aromatic nitrogens is 1. The number of halogens is 3. The van der Waals surface area contributed by atoms with Crippen molar-refractivity contribution in [3.8, 4) is 0 Å². The summed E-state index contributed by atoms with van der Waals surface area (Å²) in [6.45, 7) is 1.84. The molecule has 1 amide bonds. The number of alkyl halides is 3. The third-order valence-corrected chi connectivity index (χ3v) is 4.04. The molecule has 2 N–H and O–H groups in total. The lowest BCUT2D eigenvalue weighted by Crippen LogP contribution is -2.52. The first-order chi connectivity index (χ1) is 9.28. The van der Waals surface area contributed by atoms with Crippen LogP contribution in [-0.2, 0) is 18.4 Å². The SMILES string of the molecule is Cc1ccc(CNC(=O)C2(C(F)(F)F)CCNC2)n1C. The van der Waals surface area contributed by atoms with Crippen LogP contribution in [0.15, 0.2) is 12.1 Å². The quantitative estimate of drug-likeness (QED) is 0.885. The van der Waals surface area contributed by atoms with Crippen LogP contribution in [0.4, 0.5) is 13.2 Å². The van der Waals surface area contributed by atoms with E-state index in [0.29, 0.717) is 0 Å². The molecule has 2 heterocycles. The molecule has 112 valence electrons. The second-order valence-electron chi connectivity index (χ2n) is 5.21. The van der Waals surface area contributed by atoms with E-state index in [1.54, 1.807) is 6.07 Å². The number of hydrogen-bond donors (Lipinski definition) is 2. The van der Waals surface area contributed by atoms with Gasteiger partial charge in [-0.2, -0.15) is 13.2 Å². The number of nitrogens with one attached hydrogen (secondary N) is 2. The van der Waals surface area contributed by atoms with Gasteiger partial charge in [0.1, 0.15) is 0 Å². The molecule has 2 rings (SSSR count). The lowest BCUT2D eigenvalue weighted by Gasteiger charge is -2.29. The van der Waals surface area contributed by atoms with E-state index in [2.05, 4.69) is 10.6 Å². The van der Waals surface area contributed by atoms with Gasteiger partial charge in [0.05, 0.1) is 6.54 Å².